The summed E-state index contributed by atoms with van der Waals surface area (Å²) in [7, 11) is 0. The highest BCUT2D eigenvalue weighted by Crippen LogP contribution is 2.16. The molecule has 17 heavy (non-hydrogen) atoms. The Morgan fingerprint density at radius 3 is 2.47 bits per heavy atom. The van der Waals surface area contributed by atoms with Crippen LogP contribution in [0, 0.1) is 0 Å². The zero-order valence-electron chi connectivity index (χ0n) is 10.6. The number of ether oxygens (including phenoxy) is 2. The summed E-state index contributed by atoms with van der Waals surface area (Å²) in [5.74, 6) is -1.06. The molecule has 0 saturated carbocycles. The number of amides is 1. The van der Waals surface area contributed by atoms with Crippen molar-refractivity contribution >= 4 is 12.1 Å². The van der Waals surface area contributed by atoms with E-state index < -0.39 is 23.8 Å². The van der Waals surface area contributed by atoms with Crippen LogP contribution >= 0.6 is 0 Å². The molecule has 1 fully saturated rings. The van der Waals surface area contributed by atoms with Crippen LogP contribution in [0.15, 0.2) is 0 Å². The van der Waals surface area contributed by atoms with Crippen LogP contribution in [0.5, 0.6) is 0 Å². The van der Waals surface area contributed by atoms with Crippen LogP contribution in [0.2, 0.25) is 0 Å². The van der Waals surface area contributed by atoms with Gasteiger partial charge in [0.15, 0.2) is 6.10 Å². The van der Waals surface area contributed by atoms with Crippen LogP contribution < -0.4 is 0 Å². The average Bonchev–Trinajstić information content (AvgIpc) is 2.14. The lowest BCUT2D eigenvalue weighted by molar-refractivity contribution is -0.158. The van der Waals surface area contributed by atoms with E-state index in [0.717, 1.165) is 0 Å². The Balaban J connectivity index is 2.67. The molecule has 2 unspecified atom stereocenters. The highest BCUT2D eigenvalue weighted by atomic mass is 16.6. The van der Waals surface area contributed by atoms with Gasteiger partial charge in [-0.15, -0.1) is 0 Å². The molecule has 0 aromatic heterocycles. The van der Waals surface area contributed by atoms with Crippen molar-refractivity contribution in [2.45, 2.75) is 45.4 Å². The van der Waals surface area contributed by atoms with Gasteiger partial charge in [0, 0.05) is 0 Å². The van der Waals surface area contributed by atoms with E-state index in [9.17, 15) is 9.59 Å². The van der Waals surface area contributed by atoms with Crippen molar-refractivity contribution in [2.24, 2.45) is 0 Å². The SMILES string of the molecule is CC1COC(C(=O)O)CN1C(=O)OC(C)(C)C. The van der Waals surface area contributed by atoms with Crippen LogP contribution in [0.1, 0.15) is 27.7 Å². The Morgan fingerprint density at radius 2 is 2.00 bits per heavy atom. The Labute approximate surface area is 100 Å². The van der Waals surface area contributed by atoms with Gasteiger partial charge in [-0.3, -0.25) is 4.90 Å². The van der Waals surface area contributed by atoms with Gasteiger partial charge in [0.25, 0.3) is 0 Å². The molecule has 1 aliphatic rings. The maximum Gasteiger partial charge on any atom is 0.410 e. The first-order valence-electron chi connectivity index (χ1n) is 5.55. The third-order valence-corrected chi connectivity index (χ3v) is 2.34. The lowest BCUT2D eigenvalue weighted by Gasteiger charge is -2.37. The van der Waals surface area contributed by atoms with E-state index in [4.69, 9.17) is 14.6 Å². The van der Waals surface area contributed by atoms with Crippen molar-refractivity contribution < 1.29 is 24.2 Å². The van der Waals surface area contributed by atoms with Crippen molar-refractivity contribution in [3.05, 3.63) is 0 Å². The standard InChI is InChI=1S/C11H19NO5/c1-7-6-16-8(9(13)14)5-12(7)10(15)17-11(2,3)4/h7-8H,5-6H2,1-4H3,(H,13,14). The molecule has 0 aromatic rings. The lowest BCUT2D eigenvalue weighted by Crippen LogP contribution is -2.54. The summed E-state index contributed by atoms with van der Waals surface area (Å²) < 4.78 is 10.3. The fraction of sp³-hybridized carbons (Fsp3) is 0.818. The molecule has 0 radical (unpaired) electrons. The highest BCUT2D eigenvalue weighted by Gasteiger charge is 2.35. The molecule has 6 heteroatoms. The van der Waals surface area contributed by atoms with Crippen molar-refractivity contribution in [3.8, 4) is 0 Å². The number of carboxylic acid groups (broad SMARTS) is 1. The second-order valence-electron chi connectivity index (χ2n) is 5.14. The van der Waals surface area contributed by atoms with Gasteiger partial charge in [-0.2, -0.15) is 0 Å². The van der Waals surface area contributed by atoms with Crippen molar-refractivity contribution in [1.29, 1.82) is 0 Å². The number of carbonyl (C=O) groups is 2. The number of morpholine rings is 1. The van der Waals surface area contributed by atoms with E-state index in [1.165, 1.54) is 4.90 Å². The summed E-state index contributed by atoms with van der Waals surface area (Å²) in [5, 5.41) is 8.85. The molecule has 0 spiro atoms. The van der Waals surface area contributed by atoms with Gasteiger partial charge in [-0.1, -0.05) is 0 Å². The average molecular weight is 245 g/mol. The Morgan fingerprint density at radius 1 is 1.41 bits per heavy atom. The van der Waals surface area contributed by atoms with E-state index in [1.54, 1.807) is 27.7 Å². The van der Waals surface area contributed by atoms with Crippen LogP contribution in [0.4, 0.5) is 4.79 Å². The molecule has 1 N–H and O–H groups in total. The third kappa shape index (κ3) is 3.89. The number of carbonyl (C=O) groups excluding carboxylic acids is 1. The summed E-state index contributed by atoms with van der Waals surface area (Å²) in [5.41, 5.74) is -0.589. The number of carboxylic acids is 1. The van der Waals surface area contributed by atoms with Gasteiger partial charge in [0.05, 0.1) is 19.2 Å². The first kappa shape index (κ1) is 13.8. The van der Waals surface area contributed by atoms with E-state index in [2.05, 4.69) is 0 Å². The smallest absolute Gasteiger partial charge is 0.410 e. The first-order chi connectivity index (χ1) is 7.70. The molecule has 1 rings (SSSR count). The summed E-state index contributed by atoms with van der Waals surface area (Å²) in [6, 6.07) is -0.180. The molecule has 0 bridgehead atoms. The van der Waals surface area contributed by atoms with Gasteiger partial charge in [0.1, 0.15) is 5.60 Å². The minimum Gasteiger partial charge on any atom is -0.479 e. The number of nitrogens with zero attached hydrogens (tertiary/aromatic N) is 1. The molecular formula is C11H19NO5. The Bertz CT molecular complexity index is 309. The van der Waals surface area contributed by atoms with Crippen LogP contribution in [0.25, 0.3) is 0 Å². The largest absolute Gasteiger partial charge is 0.479 e. The number of hydrogen-bond acceptors (Lipinski definition) is 4. The zero-order valence-corrected chi connectivity index (χ0v) is 10.6. The fourth-order valence-electron chi connectivity index (χ4n) is 1.48. The summed E-state index contributed by atoms with van der Waals surface area (Å²) in [4.78, 5) is 24.1. The summed E-state index contributed by atoms with van der Waals surface area (Å²) in [6.45, 7) is 7.32. The zero-order chi connectivity index (χ0) is 13.2. The van der Waals surface area contributed by atoms with Gasteiger partial charge >= 0.3 is 12.1 Å². The van der Waals surface area contributed by atoms with E-state index in [-0.39, 0.29) is 19.2 Å². The molecule has 0 aliphatic carbocycles. The predicted molar refractivity (Wildman–Crippen MR) is 59.8 cm³/mol. The van der Waals surface area contributed by atoms with Crippen LogP contribution in [-0.2, 0) is 14.3 Å². The van der Waals surface area contributed by atoms with Gasteiger partial charge < -0.3 is 14.6 Å². The maximum absolute atomic E-state index is 11.8. The van der Waals surface area contributed by atoms with Crippen molar-refractivity contribution in [3.63, 3.8) is 0 Å². The highest BCUT2D eigenvalue weighted by molar-refractivity contribution is 5.75. The molecule has 1 aliphatic heterocycles. The molecule has 1 heterocycles. The van der Waals surface area contributed by atoms with Gasteiger partial charge in [0.2, 0.25) is 0 Å². The lowest BCUT2D eigenvalue weighted by atomic mass is 10.2. The molecule has 6 nitrogen and oxygen atoms in total. The molecule has 1 saturated heterocycles. The second kappa shape index (κ2) is 4.91. The maximum atomic E-state index is 11.8. The van der Waals surface area contributed by atoms with Gasteiger partial charge in [-0.05, 0) is 27.7 Å². The summed E-state index contributed by atoms with van der Waals surface area (Å²) >= 11 is 0. The van der Waals surface area contributed by atoms with E-state index >= 15 is 0 Å². The van der Waals surface area contributed by atoms with Crippen molar-refractivity contribution in [2.75, 3.05) is 13.2 Å². The monoisotopic (exact) mass is 245 g/mol. The van der Waals surface area contributed by atoms with Crippen LogP contribution in [0.3, 0.4) is 0 Å². The van der Waals surface area contributed by atoms with Crippen molar-refractivity contribution in [1.82, 2.24) is 4.90 Å². The third-order valence-electron chi connectivity index (χ3n) is 2.34. The number of hydrogen-bond donors (Lipinski definition) is 1. The Kier molecular flexibility index (Phi) is 3.98. The molecule has 98 valence electrons. The number of rotatable bonds is 1. The van der Waals surface area contributed by atoms with Crippen LogP contribution in [-0.4, -0.2) is 53.0 Å². The Hall–Kier alpha value is -1.30. The molecular weight excluding hydrogens is 226 g/mol. The van der Waals surface area contributed by atoms with Gasteiger partial charge in [-0.25, -0.2) is 9.59 Å². The first-order valence-corrected chi connectivity index (χ1v) is 5.55. The predicted octanol–water partition coefficient (Wildman–Crippen LogP) is 1.10. The molecule has 0 aromatic carbocycles. The minimum absolute atomic E-state index is 0.0193. The number of aliphatic carboxylic acids is 1. The summed E-state index contributed by atoms with van der Waals surface area (Å²) in [6.07, 6.45) is -1.47. The second-order valence-corrected chi connectivity index (χ2v) is 5.14. The minimum atomic E-state index is -1.06. The van der Waals surface area contributed by atoms with E-state index in [0.29, 0.717) is 0 Å². The normalized spacial score (nSPS) is 25.5. The van der Waals surface area contributed by atoms with E-state index in [1.807, 2.05) is 0 Å². The fourth-order valence-corrected chi connectivity index (χ4v) is 1.48. The topological polar surface area (TPSA) is 76.1 Å². The molecule has 2 atom stereocenters. The quantitative estimate of drug-likeness (QED) is 0.748. The molecule has 1 amide bonds.